The summed E-state index contributed by atoms with van der Waals surface area (Å²) in [4.78, 5) is 36.9. The van der Waals surface area contributed by atoms with Crippen LogP contribution in [0.5, 0.6) is 5.75 Å². The third-order valence-corrected chi connectivity index (χ3v) is 4.63. The van der Waals surface area contributed by atoms with E-state index >= 15 is 0 Å². The Balaban J connectivity index is 2.27. The molecule has 2 rings (SSSR count). The van der Waals surface area contributed by atoms with E-state index in [9.17, 15) is 24.6 Å². The number of hydrogen-bond donors (Lipinski definition) is 5. The van der Waals surface area contributed by atoms with Crippen molar-refractivity contribution in [1.82, 2.24) is 5.32 Å². The van der Waals surface area contributed by atoms with E-state index in [0.29, 0.717) is 42.6 Å². The number of nitrogens with two attached hydrogens (primary N) is 1. The van der Waals surface area contributed by atoms with Crippen LogP contribution in [0.1, 0.15) is 50.4 Å². The van der Waals surface area contributed by atoms with Crippen molar-refractivity contribution in [2.75, 3.05) is 11.9 Å². The fourth-order valence-corrected chi connectivity index (χ4v) is 3.16. The fraction of sp³-hybridized carbons (Fsp3) is 0.375. The summed E-state index contributed by atoms with van der Waals surface area (Å²) in [6.07, 6.45) is 0.956. The molecule has 0 spiro atoms. The number of anilines is 1. The number of phenols is 1. The minimum absolute atomic E-state index is 0.0141. The molecule has 9 nitrogen and oxygen atoms in total. The Morgan fingerprint density at radius 2 is 1.82 bits per heavy atom. The largest absolute Gasteiger partial charge is 0.508 e. The van der Waals surface area contributed by atoms with Gasteiger partial charge < -0.3 is 31.3 Å². The molecule has 0 fully saturated rings. The first-order valence-electron chi connectivity index (χ1n) is 10.7. The van der Waals surface area contributed by atoms with E-state index in [2.05, 4.69) is 10.6 Å². The van der Waals surface area contributed by atoms with Gasteiger partial charge in [-0.15, -0.1) is 0 Å². The molecular weight excluding hydrogens is 426 g/mol. The number of carboxylic acids is 1. The summed E-state index contributed by atoms with van der Waals surface area (Å²) in [7, 11) is 0. The van der Waals surface area contributed by atoms with Gasteiger partial charge in [-0.25, -0.2) is 9.59 Å². The van der Waals surface area contributed by atoms with Gasteiger partial charge in [0.15, 0.2) is 0 Å². The molecule has 0 aliphatic rings. The summed E-state index contributed by atoms with van der Waals surface area (Å²) in [5.41, 5.74) is 6.00. The minimum atomic E-state index is -1.14. The van der Waals surface area contributed by atoms with Gasteiger partial charge in [-0.2, -0.15) is 0 Å². The summed E-state index contributed by atoms with van der Waals surface area (Å²) < 4.78 is 5.26. The van der Waals surface area contributed by atoms with E-state index in [4.69, 9.17) is 10.5 Å². The second-order valence-corrected chi connectivity index (χ2v) is 8.59. The van der Waals surface area contributed by atoms with Gasteiger partial charge in [0.25, 0.3) is 0 Å². The molecule has 2 aromatic carbocycles. The van der Waals surface area contributed by atoms with E-state index in [1.807, 2.05) is 0 Å². The zero-order valence-electron chi connectivity index (χ0n) is 19.1. The van der Waals surface area contributed by atoms with Gasteiger partial charge in [0.05, 0.1) is 5.56 Å². The second kappa shape index (κ2) is 11.3. The first kappa shape index (κ1) is 25.7. The Morgan fingerprint density at radius 3 is 2.42 bits per heavy atom. The maximum atomic E-state index is 13.0. The van der Waals surface area contributed by atoms with Crippen molar-refractivity contribution in [3.63, 3.8) is 0 Å². The normalized spacial score (nSPS) is 12.0. The number of aromatic carboxylic acids is 1. The van der Waals surface area contributed by atoms with Gasteiger partial charge in [-0.1, -0.05) is 12.1 Å². The maximum absolute atomic E-state index is 13.0. The molecule has 0 aromatic heterocycles. The van der Waals surface area contributed by atoms with Gasteiger partial charge in [0.2, 0.25) is 5.91 Å². The second-order valence-electron chi connectivity index (χ2n) is 8.59. The third-order valence-electron chi connectivity index (χ3n) is 4.63. The first-order valence-corrected chi connectivity index (χ1v) is 10.7. The lowest BCUT2D eigenvalue weighted by Crippen LogP contribution is -2.45. The molecule has 0 aliphatic heterocycles. The van der Waals surface area contributed by atoms with Crippen molar-refractivity contribution in [1.29, 1.82) is 0 Å². The average molecular weight is 458 g/mol. The van der Waals surface area contributed by atoms with Crippen molar-refractivity contribution >= 4 is 23.7 Å². The summed E-state index contributed by atoms with van der Waals surface area (Å²) in [5, 5.41) is 24.7. The van der Waals surface area contributed by atoms with Crippen LogP contribution in [0.25, 0.3) is 11.1 Å². The topological polar surface area (TPSA) is 151 Å². The van der Waals surface area contributed by atoms with E-state index in [1.165, 1.54) is 30.3 Å². The summed E-state index contributed by atoms with van der Waals surface area (Å²) in [6.45, 7) is 5.64. The number of phenolic OH excluding ortho intramolecular Hbond substituents is 1. The number of carbonyl (C=O) groups excluding carboxylic acids is 2. The molecule has 178 valence electrons. The number of hydrogen-bond acceptors (Lipinski definition) is 6. The van der Waals surface area contributed by atoms with Crippen LogP contribution in [0.15, 0.2) is 42.5 Å². The monoisotopic (exact) mass is 457 g/mol. The van der Waals surface area contributed by atoms with Crippen molar-refractivity contribution in [2.45, 2.75) is 51.7 Å². The number of benzene rings is 2. The molecular formula is C24H31N3O6. The number of aromatic hydroxyl groups is 1. The Bertz CT molecular complexity index is 1000. The summed E-state index contributed by atoms with van der Waals surface area (Å²) >= 11 is 0. The number of alkyl carbamates (subject to hydrolysis) is 1. The molecule has 33 heavy (non-hydrogen) atoms. The van der Waals surface area contributed by atoms with E-state index in [-0.39, 0.29) is 11.3 Å². The smallest absolute Gasteiger partial charge is 0.408 e. The predicted molar refractivity (Wildman–Crippen MR) is 125 cm³/mol. The van der Waals surface area contributed by atoms with Crippen molar-refractivity contribution in [3.05, 3.63) is 48.0 Å². The summed E-state index contributed by atoms with van der Waals surface area (Å²) in [6, 6.07) is 9.67. The highest BCUT2D eigenvalue weighted by atomic mass is 16.6. The molecule has 0 bridgehead atoms. The fourth-order valence-electron chi connectivity index (χ4n) is 3.16. The molecule has 0 heterocycles. The molecule has 0 saturated carbocycles. The lowest BCUT2D eigenvalue weighted by atomic mass is 9.98. The van der Waals surface area contributed by atoms with Crippen LogP contribution in [-0.4, -0.2) is 46.4 Å². The number of unbranched alkanes of at least 4 members (excludes halogenated alkanes) is 1. The van der Waals surface area contributed by atoms with Gasteiger partial charge in [-0.05, 0) is 88.0 Å². The molecule has 6 N–H and O–H groups in total. The molecule has 0 radical (unpaired) electrons. The lowest BCUT2D eigenvalue weighted by Gasteiger charge is -2.23. The van der Waals surface area contributed by atoms with Gasteiger partial charge in [0.1, 0.15) is 17.4 Å². The van der Waals surface area contributed by atoms with E-state index < -0.39 is 29.6 Å². The van der Waals surface area contributed by atoms with E-state index in [0.717, 1.165) is 0 Å². The number of carboxylic acid groups (broad SMARTS) is 1. The van der Waals surface area contributed by atoms with Gasteiger partial charge in [-0.3, -0.25) is 4.79 Å². The molecule has 0 aliphatic carbocycles. The average Bonchev–Trinajstić information content (AvgIpc) is 2.71. The lowest BCUT2D eigenvalue weighted by molar-refractivity contribution is -0.118. The highest BCUT2D eigenvalue weighted by molar-refractivity contribution is 6.00. The number of nitrogens with one attached hydrogen (secondary N) is 2. The molecule has 1 unspecified atom stereocenters. The highest BCUT2D eigenvalue weighted by Gasteiger charge is 2.24. The Hall–Kier alpha value is -3.59. The molecule has 9 heteroatoms. The predicted octanol–water partition coefficient (Wildman–Crippen LogP) is 3.72. The van der Waals surface area contributed by atoms with Crippen LogP contribution in [0.4, 0.5) is 10.5 Å². The highest BCUT2D eigenvalue weighted by Crippen LogP contribution is 2.29. The quantitative estimate of drug-likeness (QED) is 0.360. The number of rotatable bonds is 9. The molecule has 2 amide bonds. The Morgan fingerprint density at radius 1 is 1.09 bits per heavy atom. The van der Waals surface area contributed by atoms with Crippen LogP contribution >= 0.6 is 0 Å². The molecule has 2 aromatic rings. The first-order chi connectivity index (χ1) is 15.5. The minimum Gasteiger partial charge on any atom is -0.508 e. The SMILES string of the molecule is CC(C)(C)OC(=O)NC(CCCCN)C(=O)Nc1ccc(C(=O)O)c(-c2cccc(O)c2)c1. The van der Waals surface area contributed by atoms with Crippen molar-refractivity contribution < 1.29 is 29.3 Å². The molecule has 0 saturated heterocycles. The van der Waals surface area contributed by atoms with Gasteiger partial charge in [0, 0.05) is 5.69 Å². The number of ether oxygens (including phenoxy) is 1. The van der Waals surface area contributed by atoms with E-state index in [1.54, 1.807) is 32.9 Å². The van der Waals surface area contributed by atoms with Gasteiger partial charge >= 0.3 is 12.1 Å². The molecule has 1 atom stereocenters. The van der Waals surface area contributed by atoms with Crippen LogP contribution < -0.4 is 16.4 Å². The zero-order chi connectivity index (χ0) is 24.6. The van der Waals surface area contributed by atoms with Crippen LogP contribution in [0, 0.1) is 0 Å². The summed E-state index contributed by atoms with van der Waals surface area (Å²) in [5.74, 6) is -1.62. The van der Waals surface area contributed by atoms with Crippen molar-refractivity contribution in [3.8, 4) is 16.9 Å². The van der Waals surface area contributed by atoms with Crippen LogP contribution in [-0.2, 0) is 9.53 Å². The maximum Gasteiger partial charge on any atom is 0.408 e. The Labute approximate surface area is 192 Å². The zero-order valence-corrected chi connectivity index (χ0v) is 19.1. The van der Waals surface area contributed by atoms with Crippen LogP contribution in [0.2, 0.25) is 0 Å². The third kappa shape index (κ3) is 8.12. The van der Waals surface area contributed by atoms with Crippen molar-refractivity contribution in [2.24, 2.45) is 5.73 Å². The standard InChI is InChI=1S/C24H31N3O6/c1-24(2,3)33-23(32)27-20(9-4-5-12-25)21(29)26-16-10-11-18(22(30)31)19(14-16)15-7-6-8-17(28)13-15/h6-8,10-11,13-14,20,28H,4-5,9,12,25H2,1-3H3,(H,26,29)(H,27,32)(H,30,31). The Kier molecular flexibility index (Phi) is 8.81. The van der Waals surface area contributed by atoms with Crippen LogP contribution in [0.3, 0.4) is 0 Å². The number of carbonyl (C=O) groups is 3. The number of amides is 2.